The van der Waals surface area contributed by atoms with E-state index in [0.717, 1.165) is 18.9 Å². The number of nitrogens with zero attached hydrogens (tertiary/aromatic N) is 3. The molecule has 2 N–H and O–H groups in total. The summed E-state index contributed by atoms with van der Waals surface area (Å²) >= 11 is 0. The highest BCUT2D eigenvalue weighted by atomic mass is 35.5. The molecule has 23 heavy (non-hydrogen) atoms. The summed E-state index contributed by atoms with van der Waals surface area (Å²) in [4.78, 5) is 6.85. The van der Waals surface area contributed by atoms with Gasteiger partial charge in [0, 0.05) is 25.6 Å². The third kappa shape index (κ3) is 5.03. The van der Waals surface area contributed by atoms with Crippen LogP contribution in [0.4, 0.5) is 0 Å². The first kappa shape index (κ1) is 17.9. The van der Waals surface area contributed by atoms with Crippen molar-refractivity contribution in [3.8, 4) is 0 Å². The van der Waals surface area contributed by atoms with Crippen LogP contribution in [0, 0.1) is 0 Å². The van der Waals surface area contributed by atoms with Crippen LogP contribution in [-0.2, 0) is 13.1 Å². The maximum absolute atomic E-state index is 5.73. The summed E-state index contributed by atoms with van der Waals surface area (Å²) in [6.07, 6.45) is 4.94. The van der Waals surface area contributed by atoms with Gasteiger partial charge in [0.25, 0.3) is 0 Å². The molecule has 1 aromatic carbocycles. The minimum Gasteiger partial charge on any atom is -0.338 e. The van der Waals surface area contributed by atoms with Crippen LogP contribution in [0.15, 0.2) is 34.9 Å². The van der Waals surface area contributed by atoms with Crippen LogP contribution >= 0.6 is 12.4 Å². The zero-order chi connectivity index (χ0) is 15.2. The van der Waals surface area contributed by atoms with Crippen molar-refractivity contribution in [2.75, 3.05) is 13.1 Å². The summed E-state index contributed by atoms with van der Waals surface area (Å²) in [5.74, 6) is 2.08. The van der Waals surface area contributed by atoms with Gasteiger partial charge in [-0.05, 0) is 18.4 Å². The van der Waals surface area contributed by atoms with Gasteiger partial charge in [0.15, 0.2) is 5.82 Å². The van der Waals surface area contributed by atoms with Gasteiger partial charge in [-0.15, -0.1) is 12.4 Å². The van der Waals surface area contributed by atoms with Gasteiger partial charge in [-0.2, -0.15) is 4.98 Å². The van der Waals surface area contributed by atoms with Crippen molar-refractivity contribution in [1.82, 2.24) is 15.0 Å². The topological polar surface area (TPSA) is 68.2 Å². The van der Waals surface area contributed by atoms with Crippen molar-refractivity contribution in [3.63, 3.8) is 0 Å². The average molecular weight is 337 g/mol. The Labute approximate surface area is 143 Å². The smallest absolute Gasteiger partial charge is 0.240 e. The van der Waals surface area contributed by atoms with E-state index in [1.54, 1.807) is 0 Å². The van der Waals surface area contributed by atoms with E-state index in [0.29, 0.717) is 24.9 Å². The van der Waals surface area contributed by atoms with Gasteiger partial charge in [0.2, 0.25) is 5.89 Å². The molecule has 0 radical (unpaired) electrons. The van der Waals surface area contributed by atoms with Crippen molar-refractivity contribution in [3.05, 3.63) is 47.6 Å². The van der Waals surface area contributed by atoms with Crippen LogP contribution in [0.5, 0.6) is 0 Å². The molecule has 1 aromatic heterocycles. The normalized spacial score (nSPS) is 15.0. The van der Waals surface area contributed by atoms with Gasteiger partial charge in [-0.25, -0.2) is 0 Å². The molecule has 1 fully saturated rings. The molecule has 2 aromatic rings. The molecule has 0 bridgehead atoms. The standard InChI is InChI=1S/C17H24N4O.ClH/c18-10-11-21(12-14-6-2-1-3-7-14)13-16-19-17(20-22-16)15-8-4-5-9-15;/h1-3,6-7,15H,4-5,8-13,18H2;1H. The molecule has 3 rings (SSSR count). The predicted molar refractivity (Wildman–Crippen MR) is 92.4 cm³/mol. The van der Waals surface area contributed by atoms with Gasteiger partial charge >= 0.3 is 0 Å². The Morgan fingerprint density at radius 3 is 2.57 bits per heavy atom. The van der Waals surface area contributed by atoms with E-state index in [-0.39, 0.29) is 12.4 Å². The first-order valence-corrected chi connectivity index (χ1v) is 8.14. The van der Waals surface area contributed by atoms with Crippen LogP contribution in [0.3, 0.4) is 0 Å². The number of rotatable bonds is 7. The van der Waals surface area contributed by atoms with Crippen molar-refractivity contribution in [2.24, 2.45) is 5.73 Å². The summed E-state index contributed by atoms with van der Waals surface area (Å²) in [5, 5.41) is 4.17. The zero-order valence-electron chi connectivity index (χ0n) is 13.4. The van der Waals surface area contributed by atoms with Gasteiger partial charge in [-0.1, -0.05) is 48.3 Å². The first-order valence-electron chi connectivity index (χ1n) is 8.14. The van der Waals surface area contributed by atoms with Crippen LogP contribution < -0.4 is 5.73 Å². The first-order chi connectivity index (χ1) is 10.8. The Bertz CT molecular complexity index is 569. The maximum atomic E-state index is 5.73. The molecule has 0 amide bonds. The van der Waals surface area contributed by atoms with Crippen LogP contribution in [0.2, 0.25) is 0 Å². The fraction of sp³-hybridized carbons (Fsp3) is 0.529. The average Bonchev–Trinajstić information content (AvgIpc) is 3.19. The van der Waals surface area contributed by atoms with E-state index in [1.807, 2.05) is 6.07 Å². The van der Waals surface area contributed by atoms with Gasteiger partial charge in [0.05, 0.1) is 6.54 Å². The molecule has 1 saturated carbocycles. The fourth-order valence-corrected chi connectivity index (χ4v) is 3.11. The lowest BCUT2D eigenvalue weighted by atomic mass is 10.1. The van der Waals surface area contributed by atoms with Crippen LogP contribution in [0.25, 0.3) is 0 Å². The van der Waals surface area contributed by atoms with E-state index in [9.17, 15) is 0 Å². The van der Waals surface area contributed by atoms with Crippen molar-refractivity contribution < 1.29 is 4.52 Å². The molecule has 1 aliphatic carbocycles. The van der Waals surface area contributed by atoms with Crippen molar-refractivity contribution >= 4 is 12.4 Å². The van der Waals surface area contributed by atoms with Gasteiger partial charge < -0.3 is 10.3 Å². The second-order valence-corrected chi connectivity index (χ2v) is 6.01. The SMILES string of the molecule is Cl.NCCN(Cc1ccccc1)Cc1nc(C2CCCC2)no1. The summed E-state index contributed by atoms with van der Waals surface area (Å²) < 4.78 is 5.45. The van der Waals surface area contributed by atoms with Gasteiger partial charge in [0.1, 0.15) is 0 Å². The molecular formula is C17H25ClN4O. The predicted octanol–water partition coefficient (Wildman–Crippen LogP) is 3.11. The Morgan fingerprint density at radius 1 is 1.13 bits per heavy atom. The Kier molecular flexibility index (Phi) is 7.02. The molecule has 126 valence electrons. The van der Waals surface area contributed by atoms with E-state index >= 15 is 0 Å². The largest absolute Gasteiger partial charge is 0.338 e. The molecule has 1 heterocycles. The van der Waals surface area contributed by atoms with E-state index in [2.05, 4.69) is 39.3 Å². The van der Waals surface area contributed by atoms with E-state index in [1.165, 1.54) is 31.2 Å². The number of aromatic nitrogens is 2. The zero-order valence-corrected chi connectivity index (χ0v) is 14.2. The Hall–Kier alpha value is -1.43. The second-order valence-electron chi connectivity index (χ2n) is 6.01. The Morgan fingerprint density at radius 2 is 1.87 bits per heavy atom. The molecule has 6 heteroatoms. The Balaban J connectivity index is 0.00000192. The maximum Gasteiger partial charge on any atom is 0.240 e. The fourth-order valence-electron chi connectivity index (χ4n) is 3.11. The summed E-state index contributed by atoms with van der Waals surface area (Å²) in [6.45, 7) is 2.94. The van der Waals surface area contributed by atoms with E-state index in [4.69, 9.17) is 10.3 Å². The molecule has 1 aliphatic rings. The third-order valence-corrected chi connectivity index (χ3v) is 4.26. The number of benzene rings is 1. The minimum atomic E-state index is 0. The molecule has 0 unspecified atom stereocenters. The highest BCUT2D eigenvalue weighted by Gasteiger charge is 2.22. The van der Waals surface area contributed by atoms with Gasteiger partial charge in [-0.3, -0.25) is 4.90 Å². The molecular weight excluding hydrogens is 312 g/mol. The monoisotopic (exact) mass is 336 g/mol. The molecule has 0 aliphatic heterocycles. The summed E-state index contributed by atoms with van der Waals surface area (Å²) in [6, 6.07) is 10.4. The minimum absolute atomic E-state index is 0. The van der Waals surface area contributed by atoms with Crippen molar-refractivity contribution in [1.29, 1.82) is 0 Å². The summed E-state index contributed by atoms with van der Waals surface area (Å²) in [5.41, 5.74) is 7.00. The number of nitrogens with two attached hydrogens (primary N) is 1. The highest BCUT2D eigenvalue weighted by molar-refractivity contribution is 5.85. The third-order valence-electron chi connectivity index (χ3n) is 4.26. The van der Waals surface area contributed by atoms with Crippen molar-refractivity contribution in [2.45, 2.75) is 44.7 Å². The lowest BCUT2D eigenvalue weighted by molar-refractivity contribution is 0.224. The number of hydrogen-bond donors (Lipinski definition) is 1. The van der Waals surface area contributed by atoms with E-state index < -0.39 is 0 Å². The molecule has 0 atom stereocenters. The highest BCUT2D eigenvalue weighted by Crippen LogP contribution is 2.32. The number of halogens is 1. The van der Waals surface area contributed by atoms with Crippen LogP contribution in [-0.4, -0.2) is 28.1 Å². The van der Waals surface area contributed by atoms with Crippen LogP contribution in [0.1, 0.15) is 48.9 Å². The molecule has 0 saturated heterocycles. The lowest BCUT2D eigenvalue weighted by Crippen LogP contribution is -2.28. The summed E-state index contributed by atoms with van der Waals surface area (Å²) in [7, 11) is 0. The second kappa shape index (κ2) is 9.01. The quantitative estimate of drug-likeness (QED) is 0.841. The number of hydrogen-bond acceptors (Lipinski definition) is 5. The molecule has 0 spiro atoms. The molecule has 5 nitrogen and oxygen atoms in total. The lowest BCUT2D eigenvalue weighted by Gasteiger charge is -2.19.